The van der Waals surface area contributed by atoms with Gasteiger partial charge in [-0.2, -0.15) is 0 Å². The average molecular weight is 212 g/mol. The minimum absolute atomic E-state index is 0.342. The molecule has 14 heavy (non-hydrogen) atoms. The number of thiol groups is 1. The second kappa shape index (κ2) is 4.91. The Morgan fingerprint density at radius 1 is 1.50 bits per heavy atom. The maximum absolute atomic E-state index is 11.3. The van der Waals surface area contributed by atoms with Gasteiger partial charge in [0.05, 0.1) is 19.3 Å². The summed E-state index contributed by atoms with van der Waals surface area (Å²) in [5, 5.41) is 0. The van der Waals surface area contributed by atoms with E-state index in [2.05, 4.69) is 12.6 Å². The fourth-order valence-corrected chi connectivity index (χ4v) is 1.34. The minimum Gasteiger partial charge on any atom is -0.496 e. The molecule has 0 N–H and O–H groups in total. The molecule has 0 aliphatic rings. The standard InChI is InChI=1S/C10H12O3S/c1-3-13-10(11)7-4-5-8(12-2)9(14)6-7/h4-6,14H,3H2,1-2H3. The third-order valence-electron chi connectivity index (χ3n) is 1.69. The van der Waals surface area contributed by atoms with Gasteiger partial charge in [0, 0.05) is 4.90 Å². The number of carbonyl (C=O) groups is 1. The van der Waals surface area contributed by atoms with E-state index in [9.17, 15) is 4.79 Å². The predicted molar refractivity (Wildman–Crippen MR) is 56.2 cm³/mol. The van der Waals surface area contributed by atoms with Crippen LogP contribution in [-0.2, 0) is 4.74 Å². The summed E-state index contributed by atoms with van der Waals surface area (Å²) in [5.41, 5.74) is 0.484. The van der Waals surface area contributed by atoms with Crippen LogP contribution >= 0.6 is 12.6 Å². The Morgan fingerprint density at radius 3 is 2.71 bits per heavy atom. The number of benzene rings is 1. The fourth-order valence-electron chi connectivity index (χ4n) is 1.03. The molecule has 0 unspecified atom stereocenters. The molecular formula is C10H12O3S. The molecule has 0 aliphatic carbocycles. The van der Waals surface area contributed by atoms with Gasteiger partial charge in [-0.15, -0.1) is 12.6 Å². The highest BCUT2D eigenvalue weighted by Gasteiger charge is 2.08. The second-order valence-corrected chi connectivity index (χ2v) is 3.09. The lowest BCUT2D eigenvalue weighted by atomic mass is 10.2. The van der Waals surface area contributed by atoms with Crippen LogP contribution in [0.2, 0.25) is 0 Å². The summed E-state index contributed by atoms with van der Waals surface area (Å²) in [7, 11) is 1.55. The first-order chi connectivity index (χ1) is 6.69. The average Bonchev–Trinajstić information content (AvgIpc) is 2.18. The quantitative estimate of drug-likeness (QED) is 0.616. The van der Waals surface area contributed by atoms with Crippen molar-refractivity contribution in [3.05, 3.63) is 23.8 Å². The maximum Gasteiger partial charge on any atom is 0.338 e. The first-order valence-electron chi connectivity index (χ1n) is 4.23. The number of esters is 1. The largest absolute Gasteiger partial charge is 0.496 e. The van der Waals surface area contributed by atoms with Gasteiger partial charge < -0.3 is 9.47 Å². The molecule has 0 bridgehead atoms. The molecular weight excluding hydrogens is 200 g/mol. The smallest absolute Gasteiger partial charge is 0.338 e. The Kier molecular flexibility index (Phi) is 3.83. The van der Waals surface area contributed by atoms with Gasteiger partial charge in [-0.25, -0.2) is 4.79 Å². The fraction of sp³-hybridized carbons (Fsp3) is 0.300. The van der Waals surface area contributed by atoms with Crippen LogP contribution in [-0.4, -0.2) is 19.7 Å². The van der Waals surface area contributed by atoms with Crippen LogP contribution in [0.3, 0.4) is 0 Å². The first-order valence-corrected chi connectivity index (χ1v) is 4.68. The van der Waals surface area contributed by atoms with E-state index in [0.29, 0.717) is 22.8 Å². The van der Waals surface area contributed by atoms with Crippen molar-refractivity contribution in [1.29, 1.82) is 0 Å². The van der Waals surface area contributed by atoms with Gasteiger partial charge in [-0.3, -0.25) is 0 Å². The number of hydrogen-bond acceptors (Lipinski definition) is 4. The van der Waals surface area contributed by atoms with Crippen molar-refractivity contribution in [3.63, 3.8) is 0 Å². The van der Waals surface area contributed by atoms with Crippen LogP contribution in [0.15, 0.2) is 23.1 Å². The van der Waals surface area contributed by atoms with Gasteiger partial charge in [0.2, 0.25) is 0 Å². The van der Waals surface area contributed by atoms with Crippen molar-refractivity contribution in [2.75, 3.05) is 13.7 Å². The lowest BCUT2D eigenvalue weighted by molar-refractivity contribution is 0.0526. The number of hydrogen-bond donors (Lipinski definition) is 1. The van der Waals surface area contributed by atoms with E-state index in [1.807, 2.05) is 0 Å². The first kappa shape index (κ1) is 10.9. The summed E-state index contributed by atoms with van der Waals surface area (Å²) < 4.78 is 9.85. The highest BCUT2D eigenvalue weighted by atomic mass is 32.1. The van der Waals surface area contributed by atoms with Crippen molar-refractivity contribution < 1.29 is 14.3 Å². The number of carbonyl (C=O) groups excluding carboxylic acids is 1. The molecule has 0 heterocycles. The van der Waals surface area contributed by atoms with Crippen molar-refractivity contribution >= 4 is 18.6 Å². The predicted octanol–water partition coefficient (Wildman–Crippen LogP) is 2.16. The number of methoxy groups -OCH3 is 1. The summed E-state index contributed by atoms with van der Waals surface area (Å²) in [6.07, 6.45) is 0. The molecule has 0 aromatic heterocycles. The van der Waals surface area contributed by atoms with Crippen LogP contribution in [0, 0.1) is 0 Å². The van der Waals surface area contributed by atoms with Crippen LogP contribution in [0.1, 0.15) is 17.3 Å². The van der Waals surface area contributed by atoms with Gasteiger partial charge in [0.1, 0.15) is 5.75 Å². The molecule has 0 saturated carbocycles. The maximum atomic E-state index is 11.3. The molecule has 0 saturated heterocycles. The summed E-state index contributed by atoms with van der Waals surface area (Å²) >= 11 is 4.18. The monoisotopic (exact) mass is 212 g/mol. The summed E-state index contributed by atoms with van der Waals surface area (Å²) in [6.45, 7) is 2.13. The van der Waals surface area contributed by atoms with Crippen LogP contribution in [0.25, 0.3) is 0 Å². The molecule has 76 valence electrons. The number of rotatable bonds is 3. The lowest BCUT2D eigenvalue weighted by Crippen LogP contribution is -2.04. The molecule has 1 rings (SSSR count). The van der Waals surface area contributed by atoms with Gasteiger partial charge in [0.25, 0.3) is 0 Å². The minimum atomic E-state index is -0.342. The molecule has 0 spiro atoms. The molecule has 4 heteroatoms. The SMILES string of the molecule is CCOC(=O)c1ccc(OC)c(S)c1. The molecule has 1 aromatic rings. The third-order valence-corrected chi connectivity index (χ3v) is 2.04. The Balaban J connectivity index is 2.91. The van der Waals surface area contributed by atoms with Gasteiger partial charge in [-0.1, -0.05) is 0 Å². The number of ether oxygens (including phenoxy) is 2. The molecule has 0 aliphatic heterocycles. The molecule has 1 aromatic carbocycles. The van der Waals surface area contributed by atoms with Gasteiger partial charge in [-0.05, 0) is 25.1 Å². The third kappa shape index (κ3) is 2.42. The molecule has 0 radical (unpaired) electrons. The summed E-state index contributed by atoms with van der Waals surface area (Å²) in [4.78, 5) is 11.9. The van der Waals surface area contributed by atoms with Crippen LogP contribution in [0.5, 0.6) is 5.75 Å². The Morgan fingerprint density at radius 2 is 2.21 bits per heavy atom. The van der Waals surface area contributed by atoms with Gasteiger partial charge in [0.15, 0.2) is 0 Å². The van der Waals surface area contributed by atoms with E-state index in [1.165, 1.54) is 0 Å². The Hall–Kier alpha value is -1.16. The van der Waals surface area contributed by atoms with Crippen molar-refractivity contribution in [2.24, 2.45) is 0 Å². The molecule has 0 atom stereocenters. The Labute approximate surface area is 88.4 Å². The van der Waals surface area contributed by atoms with Crippen molar-refractivity contribution in [2.45, 2.75) is 11.8 Å². The highest BCUT2D eigenvalue weighted by Crippen LogP contribution is 2.23. The zero-order valence-corrected chi connectivity index (χ0v) is 9.01. The normalized spacial score (nSPS) is 9.64. The molecule has 0 fully saturated rings. The zero-order valence-electron chi connectivity index (χ0n) is 8.11. The van der Waals surface area contributed by atoms with E-state index in [-0.39, 0.29) is 5.97 Å². The van der Waals surface area contributed by atoms with E-state index < -0.39 is 0 Å². The highest BCUT2D eigenvalue weighted by molar-refractivity contribution is 7.80. The summed E-state index contributed by atoms with van der Waals surface area (Å²) in [6, 6.07) is 4.96. The van der Waals surface area contributed by atoms with Crippen molar-refractivity contribution in [3.8, 4) is 5.75 Å². The Bertz CT molecular complexity index is 336. The molecule has 0 amide bonds. The zero-order chi connectivity index (χ0) is 10.6. The van der Waals surface area contributed by atoms with E-state index >= 15 is 0 Å². The van der Waals surface area contributed by atoms with Crippen LogP contribution < -0.4 is 4.74 Å². The van der Waals surface area contributed by atoms with Crippen LogP contribution in [0.4, 0.5) is 0 Å². The lowest BCUT2D eigenvalue weighted by Gasteiger charge is -2.05. The van der Waals surface area contributed by atoms with E-state index in [4.69, 9.17) is 9.47 Å². The van der Waals surface area contributed by atoms with Gasteiger partial charge >= 0.3 is 5.97 Å². The second-order valence-electron chi connectivity index (χ2n) is 2.61. The van der Waals surface area contributed by atoms with E-state index in [1.54, 1.807) is 32.2 Å². The molecule has 3 nitrogen and oxygen atoms in total. The van der Waals surface area contributed by atoms with E-state index in [0.717, 1.165) is 0 Å². The summed E-state index contributed by atoms with van der Waals surface area (Å²) in [5.74, 6) is 0.298. The van der Waals surface area contributed by atoms with Crippen molar-refractivity contribution in [1.82, 2.24) is 0 Å². The topological polar surface area (TPSA) is 35.5 Å².